The molecular formula is C26H20F2N4O6. The van der Waals surface area contributed by atoms with E-state index in [0.717, 1.165) is 47.0 Å². The van der Waals surface area contributed by atoms with Crippen LogP contribution in [0.3, 0.4) is 0 Å². The number of rotatable bonds is 4. The molecule has 0 radical (unpaired) electrons. The number of carbonyl (C=O) groups is 4. The highest BCUT2D eigenvalue weighted by molar-refractivity contribution is 6.23. The normalized spacial score (nSPS) is 19.2. The van der Waals surface area contributed by atoms with Crippen molar-refractivity contribution in [3.05, 3.63) is 64.9 Å². The number of amides is 2. The second-order valence-corrected chi connectivity index (χ2v) is 9.29. The highest BCUT2D eigenvalue weighted by Gasteiger charge is 2.42. The molecule has 1 N–H and O–H groups in total. The van der Waals surface area contributed by atoms with E-state index in [1.54, 1.807) is 6.07 Å². The Balaban J connectivity index is 1.15. The smallest absolute Gasteiger partial charge is 0.336 e. The van der Waals surface area contributed by atoms with Crippen LogP contribution in [-0.4, -0.2) is 69.9 Å². The van der Waals surface area contributed by atoms with Crippen molar-refractivity contribution in [3.8, 4) is 11.5 Å². The van der Waals surface area contributed by atoms with Gasteiger partial charge in [0.15, 0.2) is 11.5 Å². The van der Waals surface area contributed by atoms with E-state index in [-0.39, 0.29) is 29.4 Å². The Morgan fingerprint density at radius 2 is 1.68 bits per heavy atom. The molecule has 6 rings (SSSR count). The summed E-state index contributed by atoms with van der Waals surface area (Å²) in [5.74, 6) is -6.30. The molecule has 3 aliphatic heterocycles. The van der Waals surface area contributed by atoms with Gasteiger partial charge in [-0.05, 0) is 44.1 Å². The van der Waals surface area contributed by atoms with Crippen LogP contribution in [0.4, 0.5) is 8.78 Å². The van der Waals surface area contributed by atoms with Gasteiger partial charge in [0.1, 0.15) is 5.82 Å². The van der Waals surface area contributed by atoms with Gasteiger partial charge in [0, 0.05) is 48.3 Å². The molecule has 38 heavy (non-hydrogen) atoms. The Kier molecular flexibility index (Phi) is 5.75. The van der Waals surface area contributed by atoms with E-state index in [0.29, 0.717) is 25.2 Å². The Morgan fingerprint density at radius 3 is 2.45 bits per heavy atom. The average molecular weight is 522 g/mol. The van der Waals surface area contributed by atoms with Crippen molar-refractivity contribution in [2.24, 2.45) is 0 Å². The number of aromatic amines is 1. The van der Waals surface area contributed by atoms with Gasteiger partial charge in [-0.15, -0.1) is 0 Å². The van der Waals surface area contributed by atoms with Crippen molar-refractivity contribution in [1.29, 1.82) is 0 Å². The van der Waals surface area contributed by atoms with Gasteiger partial charge in [0.25, 0.3) is 11.8 Å². The first kappa shape index (κ1) is 23.9. The van der Waals surface area contributed by atoms with Gasteiger partial charge in [-0.3, -0.25) is 19.6 Å². The molecule has 0 spiro atoms. The van der Waals surface area contributed by atoms with Crippen molar-refractivity contribution in [1.82, 2.24) is 20.0 Å². The Bertz CT molecular complexity index is 1560. The van der Waals surface area contributed by atoms with E-state index in [1.165, 1.54) is 12.1 Å². The number of hydrogen-bond donors (Lipinski definition) is 1. The third-order valence-corrected chi connectivity index (χ3v) is 7.07. The number of fused-ring (bicyclic) bond motifs is 5. The topological polar surface area (TPSA) is 122 Å². The van der Waals surface area contributed by atoms with Crippen molar-refractivity contribution < 1.29 is 37.4 Å². The monoisotopic (exact) mass is 522 g/mol. The summed E-state index contributed by atoms with van der Waals surface area (Å²) >= 11 is 0. The van der Waals surface area contributed by atoms with E-state index in [4.69, 9.17) is 9.47 Å². The number of H-pyrrole nitrogens is 1. The lowest BCUT2D eigenvalue weighted by Crippen LogP contribution is -2.41. The summed E-state index contributed by atoms with van der Waals surface area (Å²) < 4.78 is 38.3. The zero-order valence-corrected chi connectivity index (χ0v) is 19.8. The lowest BCUT2D eigenvalue weighted by atomic mass is 9.91. The van der Waals surface area contributed by atoms with Crippen LogP contribution in [0.1, 0.15) is 45.2 Å². The van der Waals surface area contributed by atoms with Crippen LogP contribution in [0.2, 0.25) is 0 Å². The molecule has 2 aromatic carbocycles. The van der Waals surface area contributed by atoms with Crippen molar-refractivity contribution in [3.63, 3.8) is 0 Å². The number of piperidine rings is 1. The fourth-order valence-electron chi connectivity index (χ4n) is 5.15. The van der Waals surface area contributed by atoms with E-state index in [2.05, 4.69) is 15.1 Å². The zero-order chi connectivity index (χ0) is 26.6. The number of carbonyl (C=O) groups excluding carboxylic acids is 4. The van der Waals surface area contributed by atoms with E-state index < -0.39 is 41.1 Å². The highest BCUT2D eigenvalue weighted by atomic mass is 19.1. The molecule has 2 bridgehead atoms. The number of likely N-dealkylation sites (tertiary alicyclic amines) is 1. The average Bonchev–Trinajstić information content (AvgIpc) is 3.42. The predicted molar refractivity (Wildman–Crippen MR) is 127 cm³/mol. The molecule has 1 fully saturated rings. The van der Waals surface area contributed by atoms with Crippen molar-refractivity contribution >= 4 is 34.7 Å². The lowest BCUT2D eigenvalue weighted by Gasteiger charge is -2.32. The second kappa shape index (κ2) is 9.14. The van der Waals surface area contributed by atoms with Crippen LogP contribution in [0.25, 0.3) is 10.9 Å². The molecule has 12 heteroatoms. The summed E-state index contributed by atoms with van der Waals surface area (Å²) in [4.78, 5) is 53.0. The molecule has 0 unspecified atom stereocenters. The molecule has 0 atom stereocenters. The molecule has 1 saturated heterocycles. The van der Waals surface area contributed by atoms with Crippen LogP contribution < -0.4 is 9.47 Å². The molecule has 194 valence electrons. The van der Waals surface area contributed by atoms with Gasteiger partial charge in [0.05, 0.1) is 16.6 Å². The number of aromatic nitrogens is 2. The van der Waals surface area contributed by atoms with Gasteiger partial charge in [0.2, 0.25) is 5.82 Å². The van der Waals surface area contributed by atoms with Crippen LogP contribution in [0, 0.1) is 11.6 Å². The number of ether oxygens (including phenoxy) is 2. The molecule has 3 aromatic rings. The summed E-state index contributed by atoms with van der Waals surface area (Å²) in [7, 11) is 0. The number of imide groups is 1. The van der Waals surface area contributed by atoms with Gasteiger partial charge in [-0.1, -0.05) is 0 Å². The number of benzene rings is 2. The molecule has 0 aliphatic carbocycles. The van der Waals surface area contributed by atoms with Crippen LogP contribution in [0.15, 0.2) is 36.4 Å². The summed E-state index contributed by atoms with van der Waals surface area (Å²) in [5, 5.41) is 8.13. The zero-order valence-electron chi connectivity index (χ0n) is 19.8. The number of halogens is 2. The first-order chi connectivity index (χ1) is 18.3. The number of nitrogens with zero attached hydrogens (tertiary/aromatic N) is 3. The van der Waals surface area contributed by atoms with Crippen LogP contribution in [-0.2, 0) is 9.59 Å². The van der Waals surface area contributed by atoms with Crippen LogP contribution in [0.5, 0.6) is 11.5 Å². The maximum atomic E-state index is 15.0. The quantitative estimate of drug-likeness (QED) is 0.315. The van der Waals surface area contributed by atoms with Crippen LogP contribution >= 0.6 is 0 Å². The van der Waals surface area contributed by atoms with E-state index in [1.807, 2.05) is 0 Å². The number of nitrogens with one attached hydrogen (secondary N) is 1. The number of hydrogen-bond acceptors (Lipinski definition) is 8. The molecule has 1 aromatic heterocycles. The SMILES string of the molecule is O=C1/C=C\C(=O)Oc2c(F)c(cc3c2C(=O)N(CCN2CCC(c4[nH]nc5cc(F)ccc45)CC2)C3=O)O1. The predicted octanol–water partition coefficient (Wildman–Crippen LogP) is 2.70. The largest absolute Gasteiger partial charge is 0.420 e. The lowest BCUT2D eigenvalue weighted by molar-refractivity contribution is -0.131. The Hall–Kier alpha value is -4.45. The van der Waals surface area contributed by atoms with Crippen molar-refractivity contribution in [2.45, 2.75) is 18.8 Å². The minimum atomic E-state index is -1.21. The summed E-state index contributed by atoms with van der Waals surface area (Å²) in [5.41, 5.74) is 0.959. The second-order valence-electron chi connectivity index (χ2n) is 9.29. The Morgan fingerprint density at radius 1 is 0.947 bits per heavy atom. The third kappa shape index (κ3) is 4.02. The van der Waals surface area contributed by atoms with Crippen molar-refractivity contribution in [2.75, 3.05) is 26.2 Å². The van der Waals surface area contributed by atoms with Gasteiger partial charge < -0.3 is 14.4 Å². The molecule has 3 aliphatic rings. The fraction of sp³-hybridized carbons (Fsp3) is 0.269. The van der Waals surface area contributed by atoms with Gasteiger partial charge in [-0.25, -0.2) is 14.0 Å². The molecule has 10 nitrogen and oxygen atoms in total. The van der Waals surface area contributed by atoms with Gasteiger partial charge >= 0.3 is 11.9 Å². The number of esters is 2. The van der Waals surface area contributed by atoms with E-state index in [9.17, 15) is 28.0 Å². The van der Waals surface area contributed by atoms with E-state index >= 15 is 0 Å². The highest BCUT2D eigenvalue weighted by Crippen LogP contribution is 2.39. The minimum absolute atomic E-state index is 0.0350. The van der Waals surface area contributed by atoms with Gasteiger partial charge in [-0.2, -0.15) is 9.49 Å². The maximum Gasteiger partial charge on any atom is 0.336 e. The first-order valence-corrected chi connectivity index (χ1v) is 12.0. The fourth-order valence-corrected chi connectivity index (χ4v) is 5.15. The molecule has 2 amide bonds. The molecule has 4 heterocycles. The maximum absolute atomic E-state index is 15.0. The first-order valence-electron chi connectivity index (χ1n) is 12.0. The third-order valence-electron chi connectivity index (χ3n) is 7.07. The summed E-state index contributed by atoms with van der Waals surface area (Å²) in [6.45, 7) is 1.81. The summed E-state index contributed by atoms with van der Waals surface area (Å²) in [6.07, 6.45) is 3.10. The molecule has 0 saturated carbocycles. The Labute approximate surface area is 213 Å². The minimum Gasteiger partial charge on any atom is -0.420 e. The summed E-state index contributed by atoms with van der Waals surface area (Å²) in [6, 6.07) is 5.50. The standard InChI is InChI=1S/C26H20F2N4O6/c27-14-1-2-15-17(11-14)29-30-23(15)13-5-7-31(8-6-13)9-10-32-25(35)16-12-18-22(28)24(21(16)26(32)36)38-20(34)4-3-19(33)37-18/h1-4,11-13H,5-10H2,(H,29,30)/b4-3-. The molecular weight excluding hydrogens is 502 g/mol.